The Morgan fingerprint density at radius 2 is 1.83 bits per heavy atom. The number of hydrogen-bond acceptors (Lipinski definition) is 4. The van der Waals surface area contributed by atoms with Crippen molar-refractivity contribution in [3.63, 3.8) is 0 Å². The van der Waals surface area contributed by atoms with E-state index >= 15 is 0 Å². The molecule has 0 saturated heterocycles. The molecule has 2 rings (SSSR count). The minimum absolute atomic E-state index is 0.217. The molecule has 0 aromatic heterocycles. The van der Waals surface area contributed by atoms with Crippen LogP contribution in [0.5, 0.6) is 17.2 Å². The molecule has 5 heteroatoms. The van der Waals surface area contributed by atoms with Gasteiger partial charge in [0.15, 0.2) is 11.5 Å². The number of rotatable bonds is 7. The molecule has 0 N–H and O–H groups in total. The van der Waals surface area contributed by atoms with Crippen molar-refractivity contribution in [2.24, 2.45) is 0 Å². The highest BCUT2D eigenvalue weighted by Gasteiger charge is 2.09. The second-order valence-electron chi connectivity index (χ2n) is 4.85. The van der Waals surface area contributed by atoms with Crippen molar-refractivity contribution >= 4 is 5.97 Å². The van der Waals surface area contributed by atoms with Crippen molar-refractivity contribution < 1.29 is 23.4 Å². The number of esters is 1. The molecule has 0 aliphatic rings. The predicted molar refractivity (Wildman–Crippen MR) is 84.5 cm³/mol. The lowest BCUT2D eigenvalue weighted by molar-refractivity contribution is -0.134. The van der Waals surface area contributed by atoms with Crippen LogP contribution in [0.3, 0.4) is 0 Å². The molecule has 122 valence electrons. The fraction of sp³-hybridized carbons (Fsp3) is 0.278. The van der Waals surface area contributed by atoms with Crippen LogP contribution in [0.4, 0.5) is 4.39 Å². The lowest BCUT2D eigenvalue weighted by atomic mass is 10.1. The molecule has 0 heterocycles. The summed E-state index contributed by atoms with van der Waals surface area (Å²) in [5, 5.41) is 0. The minimum atomic E-state index is -0.371. The Hall–Kier alpha value is -2.56. The summed E-state index contributed by atoms with van der Waals surface area (Å²) in [6, 6.07) is 10.9. The lowest BCUT2D eigenvalue weighted by Gasteiger charge is -2.11. The maximum absolute atomic E-state index is 12.8. The molecular formula is C18H19FO4. The minimum Gasteiger partial charge on any atom is -0.493 e. The Balaban J connectivity index is 1.92. The zero-order valence-corrected chi connectivity index (χ0v) is 13.2. The highest BCUT2D eigenvalue weighted by molar-refractivity contribution is 5.72. The molecule has 2 aromatic carbocycles. The molecule has 0 aliphatic carbocycles. The predicted octanol–water partition coefficient (Wildman–Crippen LogP) is 3.77. The first-order valence-corrected chi connectivity index (χ1v) is 7.38. The van der Waals surface area contributed by atoms with E-state index < -0.39 is 0 Å². The van der Waals surface area contributed by atoms with E-state index in [1.54, 1.807) is 7.11 Å². The molecule has 4 nitrogen and oxygen atoms in total. The number of carbonyl (C=O) groups excluding carboxylic acids is 1. The van der Waals surface area contributed by atoms with Gasteiger partial charge in [0, 0.05) is 6.42 Å². The zero-order valence-electron chi connectivity index (χ0n) is 13.2. The number of benzene rings is 2. The fourth-order valence-corrected chi connectivity index (χ4v) is 2.07. The van der Waals surface area contributed by atoms with Gasteiger partial charge in [-0.1, -0.05) is 6.07 Å². The molecule has 0 spiro atoms. The van der Waals surface area contributed by atoms with E-state index in [2.05, 4.69) is 0 Å². The molecule has 0 aliphatic heterocycles. The quantitative estimate of drug-likeness (QED) is 0.576. The van der Waals surface area contributed by atoms with Crippen molar-refractivity contribution in [1.82, 2.24) is 0 Å². The number of methoxy groups -OCH3 is 1. The van der Waals surface area contributed by atoms with Gasteiger partial charge in [-0.15, -0.1) is 0 Å². The van der Waals surface area contributed by atoms with Crippen LogP contribution in [0.2, 0.25) is 0 Å². The van der Waals surface area contributed by atoms with Gasteiger partial charge in [0.05, 0.1) is 13.7 Å². The summed E-state index contributed by atoms with van der Waals surface area (Å²) in [5.41, 5.74) is 0.946. The maximum atomic E-state index is 12.8. The van der Waals surface area contributed by atoms with Crippen molar-refractivity contribution in [1.29, 1.82) is 0 Å². The Kier molecular flexibility index (Phi) is 5.97. The number of hydrogen-bond donors (Lipinski definition) is 0. The third-order valence-corrected chi connectivity index (χ3v) is 3.19. The summed E-state index contributed by atoms with van der Waals surface area (Å²) in [5.74, 6) is 0.903. The van der Waals surface area contributed by atoms with Gasteiger partial charge in [-0.3, -0.25) is 4.79 Å². The summed E-state index contributed by atoms with van der Waals surface area (Å²) < 4.78 is 28.7. The Morgan fingerprint density at radius 1 is 1.09 bits per heavy atom. The van der Waals surface area contributed by atoms with Crippen molar-refractivity contribution in [2.45, 2.75) is 19.8 Å². The normalized spacial score (nSPS) is 10.2. The Morgan fingerprint density at radius 3 is 2.48 bits per heavy atom. The van der Waals surface area contributed by atoms with Crippen LogP contribution < -0.4 is 14.2 Å². The average molecular weight is 318 g/mol. The van der Waals surface area contributed by atoms with Crippen LogP contribution in [-0.4, -0.2) is 19.7 Å². The number of halogens is 1. The summed E-state index contributed by atoms with van der Waals surface area (Å²) in [4.78, 5) is 11.8. The van der Waals surface area contributed by atoms with E-state index in [1.807, 2.05) is 25.1 Å². The summed E-state index contributed by atoms with van der Waals surface area (Å²) in [6.07, 6.45) is 0.733. The lowest BCUT2D eigenvalue weighted by Crippen LogP contribution is -2.09. The van der Waals surface area contributed by atoms with Crippen molar-refractivity contribution in [3.8, 4) is 17.2 Å². The molecule has 0 unspecified atom stereocenters. The Bertz CT molecular complexity index is 653. The summed E-state index contributed by atoms with van der Waals surface area (Å²) >= 11 is 0. The van der Waals surface area contributed by atoms with E-state index in [1.165, 1.54) is 24.3 Å². The molecule has 0 atom stereocenters. The van der Waals surface area contributed by atoms with E-state index in [0.29, 0.717) is 30.3 Å². The molecule has 0 bridgehead atoms. The second kappa shape index (κ2) is 8.17. The van der Waals surface area contributed by atoms with Gasteiger partial charge in [0.2, 0.25) is 0 Å². The molecule has 0 amide bonds. The van der Waals surface area contributed by atoms with Gasteiger partial charge < -0.3 is 14.2 Å². The van der Waals surface area contributed by atoms with E-state index in [4.69, 9.17) is 14.2 Å². The van der Waals surface area contributed by atoms with Gasteiger partial charge in [0.1, 0.15) is 11.6 Å². The first-order chi connectivity index (χ1) is 11.1. The van der Waals surface area contributed by atoms with Gasteiger partial charge >= 0.3 is 5.97 Å². The van der Waals surface area contributed by atoms with Gasteiger partial charge in [0.25, 0.3) is 0 Å². The first kappa shape index (κ1) is 16.8. The van der Waals surface area contributed by atoms with E-state index in [9.17, 15) is 9.18 Å². The smallest absolute Gasteiger partial charge is 0.311 e. The third kappa shape index (κ3) is 4.98. The largest absolute Gasteiger partial charge is 0.493 e. The summed E-state index contributed by atoms with van der Waals surface area (Å²) in [7, 11) is 1.57. The Labute approximate surface area is 134 Å². The first-order valence-electron chi connectivity index (χ1n) is 7.38. The van der Waals surface area contributed by atoms with Crippen LogP contribution in [0, 0.1) is 5.82 Å². The highest BCUT2D eigenvalue weighted by atomic mass is 19.1. The topological polar surface area (TPSA) is 44.8 Å². The number of aryl methyl sites for hydroxylation is 1. The van der Waals surface area contributed by atoms with Gasteiger partial charge in [-0.2, -0.15) is 0 Å². The molecular weight excluding hydrogens is 299 g/mol. The molecule has 0 fully saturated rings. The highest BCUT2D eigenvalue weighted by Crippen LogP contribution is 2.28. The molecule has 23 heavy (non-hydrogen) atoms. The fourth-order valence-electron chi connectivity index (χ4n) is 2.07. The molecule has 0 radical (unpaired) electrons. The van der Waals surface area contributed by atoms with Crippen LogP contribution in [0.1, 0.15) is 18.9 Å². The third-order valence-electron chi connectivity index (χ3n) is 3.19. The van der Waals surface area contributed by atoms with Crippen molar-refractivity contribution in [2.75, 3.05) is 13.7 Å². The van der Waals surface area contributed by atoms with Gasteiger partial charge in [-0.05, 0) is 55.3 Å². The van der Waals surface area contributed by atoms with E-state index in [-0.39, 0.29) is 18.2 Å². The van der Waals surface area contributed by atoms with Crippen LogP contribution >= 0.6 is 0 Å². The number of ether oxygens (including phenoxy) is 3. The maximum Gasteiger partial charge on any atom is 0.311 e. The average Bonchev–Trinajstić information content (AvgIpc) is 2.56. The second-order valence-corrected chi connectivity index (χ2v) is 4.85. The molecule has 0 saturated carbocycles. The zero-order chi connectivity index (χ0) is 16.7. The monoisotopic (exact) mass is 318 g/mol. The van der Waals surface area contributed by atoms with Crippen LogP contribution in [-0.2, 0) is 11.2 Å². The molecule has 2 aromatic rings. The van der Waals surface area contributed by atoms with Crippen molar-refractivity contribution in [3.05, 3.63) is 53.8 Å². The van der Waals surface area contributed by atoms with E-state index in [0.717, 1.165) is 5.56 Å². The number of carbonyl (C=O) groups is 1. The standard InChI is InChI=1S/C18H19FO4/c1-3-22-16-10-4-13(12-17(16)21-2)5-11-18(20)23-15-8-6-14(19)7-9-15/h4,6-10,12H,3,5,11H2,1-2H3. The van der Waals surface area contributed by atoms with Gasteiger partial charge in [-0.25, -0.2) is 4.39 Å². The SMILES string of the molecule is CCOc1ccc(CCC(=O)Oc2ccc(F)cc2)cc1OC. The summed E-state index contributed by atoms with van der Waals surface area (Å²) in [6.45, 7) is 2.46. The van der Waals surface area contributed by atoms with Crippen LogP contribution in [0.15, 0.2) is 42.5 Å². The van der Waals surface area contributed by atoms with Crippen LogP contribution in [0.25, 0.3) is 0 Å².